The molecule has 0 fully saturated rings. The summed E-state index contributed by atoms with van der Waals surface area (Å²) in [7, 11) is -4.40. The summed E-state index contributed by atoms with van der Waals surface area (Å²) >= 11 is 0. The Morgan fingerprint density at radius 2 is 2.08 bits per heavy atom. The first-order valence-corrected chi connectivity index (χ1v) is 8.98. The summed E-state index contributed by atoms with van der Waals surface area (Å²) in [4.78, 5) is 23.7. The van der Waals surface area contributed by atoms with Gasteiger partial charge in [-0.3, -0.25) is 14.1 Å². The second kappa shape index (κ2) is 7.54. The Morgan fingerprint density at radius 1 is 1.38 bits per heavy atom. The number of benzene rings is 1. The van der Waals surface area contributed by atoms with Gasteiger partial charge in [-0.1, -0.05) is 31.5 Å². The summed E-state index contributed by atoms with van der Waals surface area (Å²) in [5, 5.41) is 7.70. The molecule has 1 aromatic carbocycles. The molecule has 2 amide bonds. The second-order valence-electron chi connectivity index (χ2n) is 5.37. The normalized spacial score (nSPS) is 14.7. The molecule has 0 aromatic heterocycles. The molecule has 130 valence electrons. The minimum Gasteiger partial charge on any atom is -0.351 e. The number of rotatable bonds is 7. The number of carbonyl (C=O) groups is 2. The van der Waals surface area contributed by atoms with Crippen LogP contribution >= 0.6 is 0 Å². The van der Waals surface area contributed by atoms with Gasteiger partial charge < -0.3 is 5.32 Å². The number of hydrogen-bond acceptors (Lipinski definition) is 5. The molecule has 8 nitrogen and oxygen atoms in total. The molecule has 1 aromatic rings. The minimum atomic E-state index is -4.40. The summed E-state index contributed by atoms with van der Waals surface area (Å²) in [5.41, 5.74) is 0.324. The van der Waals surface area contributed by atoms with Gasteiger partial charge in [0.1, 0.15) is 5.71 Å². The zero-order valence-corrected chi connectivity index (χ0v) is 14.0. The van der Waals surface area contributed by atoms with Gasteiger partial charge in [-0.25, -0.2) is 5.01 Å². The highest BCUT2D eigenvalue weighted by Gasteiger charge is 2.29. The fourth-order valence-corrected chi connectivity index (χ4v) is 2.96. The SMILES string of the molecule is CCCCNC(=O)C1=NN(Cc2ccccc2S(=O)(=O)O)C(=O)C1. The van der Waals surface area contributed by atoms with Gasteiger partial charge in [0.05, 0.1) is 17.9 Å². The van der Waals surface area contributed by atoms with Crippen LogP contribution in [0.15, 0.2) is 34.3 Å². The van der Waals surface area contributed by atoms with Crippen molar-refractivity contribution in [1.29, 1.82) is 0 Å². The van der Waals surface area contributed by atoms with Gasteiger partial charge in [0.15, 0.2) is 0 Å². The Hall–Kier alpha value is -2.26. The summed E-state index contributed by atoms with van der Waals surface area (Å²) in [6, 6.07) is 5.78. The number of nitrogens with zero attached hydrogens (tertiary/aromatic N) is 2. The topological polar surface area (TPSA) is 116 Å². The molecule has 1 heterocycles. The molecule has 9 heteroatoms. The summed E-state index contributed by atoms with van der Waals surface area (Å²) in [5.74, 6) is -0.803. The van der Waals surface area contributed by atoms with Crippen molar-refractivity contribution >= 4 is 27.6 Å². The van der Waals surface area contributed by atoms with Crippen molar-refractivity contribution in [3.05, 3.63) is 29.8 Å². The number of hydrogen-bond donors (Lipinski definition) is 2. The number of hydrazone groups is 1. The van der Waals surface area contributed by atoms with Crippen LogP contribution in [0.25, 0.3) is 0 Å². The molecule has 0 aliphatic carbocycles. The highest BCUT2D eigenvalue weighted by atomic mass is 32.2. The van der Waals surface area contributed by atoms with Crippen molar-refractivity contribution in [2.24, 2.45) is 5.10 Å². The molecule has 0 saturated heterocycles. The summed E-state index contributed by atoms with van der Waals surface area (Å²) < 4.78 is 32.0. The van der Waals surface area contributed by atoms with Crippen LogP contribution in [0.5, 0.6) is 0 Å². The van der Waals surface area contributed by atoms with Gasteiger partial charge in [-0.15, -0.1) is 0 Å². The molecule has 2 N–H and O–H groups in total. The van der Waals surface area contributed by atoms with Crippen LogP contribution in [0.4, 0.5) is 0 Å². The molecule has 24 heavy (non-hydrogen) atoms. The van der Waals surface area contributed by atoms with Crippen molar-refractivity contribution in [2.75, 3.05) is 6.54 Å². The van der Waals surface area contributed by atoms with Gasteiger partial charge in [-0.05, 0) is 18.1 Å². The Morgan fingerprint density at radius 3 is 2.75 bits per heavy atom. The molecule has 2 rings (SSSR count). The molecule has 0 unspecified atom stereocenters. The summed E-state index contributed by atoms with van der Waals surface area (Å²) in [6.45, 7) is 2.37. The molecule has 0 spiro atoms. The fourth-order valence-electron chi connectivity index (χ4n) is 2.25. The van der Waals surface area contributed by atoms with E-state index in [4.69, 9.17) is 0 Å². The van der Waals surface area contributed by atoms with Crippen LogP contribution in [0.2, 0.25) is 0 Å². The maximum atomic E-state index is 12.0. The number of unbranched alkanes of at least 4 members (excludes halogenated alkanes) is 1. The lowest BCUT2D eigenvalue weighted by Gasteiger charge is -2.13. The third-order valence-corrected chi connectivity index (χ3v) is 4.45. The highest BCUT2D eigenvalue weighted by molar-refractivity contribution is 7.85. The second-order valence-corrected chi connectivity index (χ2v) is 6.76. The van der Waals surface area contributed by atoms with Crippen LogP contribution in [0.3, 0.4) is 0 Å². The maximum Gasteiger partial charge on any atom is 0.294 e. The third-order valence-electron chi connectivity index (χ3n) is 3.50. The molecular weight excluding hydrogens is 334 g/mol. The average molecular weight is 353 g/mol. The average Bonchev–Trinajstić information content (AvgIpc) is 2.88. The predicted octanol–water partition coefficient (Wildman–Crippen LogP) is 0.938. The Balaban J connectivity index is 2.14. The van der Waals surface area contributed by atoms with E-state index < -0.39 is 21.9 Å². The molecule has 1 aliphatic rings. The van der Waals surface area contributed by atoms with Gasteiger partial charge >= 0.3 is 0 Å². The first kappa shape index (κ1) is 18.1. The van der Waals surface area contributed by atoms with E-state index in [-0.39, 0.29) is 29.1 Å². The fraction of sp³-hybridized carbons (Fsp3) is 0.400. The highest BCUT2D eigenvalue weighted by Crippen LogP contribution is 2.20. The van der Waals surface area contributed by atoms with E-state index in [0.717, 1.165) is 17.9 Å². The van der Waals surface area contributed by atoms with Gasteiger partial charge in [0.2, 0.25) is 5.91 Å². The van der Waals surface area contributed by atoms with E-state index >= 15 is 0 Å². The van der Waals surface area contributed by atoms with E-state index in [9.17, 15) is 22.6 Å². The van der Waals surface area contributed by atoms with Crippen LogP contribution in [-0.4, -0.2) is 42.1 Å². The van der Waals surface area contributed by atoms with Crippen LogP contribution in [0, 0.1) is 0 Å². The molecule has 0 radical (unpaired) electrons. The zero-order valence-electron chi connectivity index (χ0n) is 13.2. The Kier molecular flexibility index (Phi) is 5.68. The van der Waals surface area contributed by atoms with Gasteiger partial charge in [-0.2, -0.15) is 13.5 Å². The van der Waals surface area contributed by atoms with E-state index in [2.05, 4.69) is 10.4 Å². The quantitative estimate of drug-likeness (QED) is 0.559. The maximum absolute atomic E-state index is 12.0. The summed E-state index contributed by atoms with van der Waals surface area (Å²) in [6.07, 6.45) is 1.63. The van der Waals surface area contributed by atoms with Crippen molar-refractivity contribution in [2.45, 2.75) is 37.6 Å². The molecule has 1 aliphatic heterocycles. The zero-order chi connectivity index (χ0) is 17.7. The van der Waals surface area contributed by atoms with Crippen molar-refractivity contribution in [3.63, 3.8) is 0 Å². The lowest BCUT2D eigenvalue weighted by Crippen LogP contribution is -2.31. The molecule has 0 atom stereocenters. The van der Waals surface area contributed by atoms with Crippen molar-refractivity contribution in [3.8, 4) is 0 Å². The van der Waals surface area contributed by atoms with E-state index in [1.165, 1.54) is 18.2 Å². The third kappa shape index (κ3) is 4.39. The lowest BCUT2D eigenvalue weighted by molar-refractivity contribution is -0.129. The Bertz CT molecular complexity index is 773. The monoisotopic (exact) mass is 353 g/mol. The van der Waals surface area contributed by atoms with Gasteiger partial charge in [0, 0.05) is 6.54 Å². The Labute approximate surface area is 140 Å². The van der Waals surface area contributed by atoms with E-state index in [1.54, 1.807) is 6.07 Å². The first-order valence-electron chi connectivity index (χ1n) is 7.54. The first-order chi connectivity index (χ1) is 11.3. The van der Waals surface area contributed by atoms with E-state index in [0.29, 0.717) is 6.54 Å². The van der Waals surface area contributed by atoms with Crippen molar-refractivity contribution < 1.29 is 22.6 Å². The molecular formula is C15H19N3O5S. The van der Waals surface area contributed by atoms with Gasteiger partial charge in [0.25, 0.3) is 16.0 Å². The van der Waals surface area contributed by atoms with Crippen LogP contribution in [0.1, 0.15) is 31.7 Å². The minimum absolute atomic E-state index is 0.0976. The number of nitrogens with one attached hydrogen (secondary N) is 1. The predicted molar refractivity (Wildman–Crippen MR) is 86.8 cm³/mol. The lowest BCUT2D eigenvalue weighted by atomic mass is 10.2. The number of carbonyl (C=O) groups excluding carboxylic acids is 2. The number of amides is 2. The largest absolute Gasteiger partial charge is 0.351 e. The van der Waals surface area contributed by atoms with Crippen LogP contribution in [-0.2, 0) is 26.3 Å². The van der Waals surface area contributed by atoms with Crippen molar-refractivity contribution in [1.82, 2.24) is 10.3 Å². The smallest absolute Gasteiger partial charge is 0.294 e. The standard InChI is InChI=1S/C15H19N3O5S/c1-2-3-8-16-15(20)12-9-14(19)18(17-12)10-11-6-4-5-7-13(11)24(21,22)23/h4-7H,2-3,8-10H2,1H3,(H,16,20)(H,21,22,23). The van der Waals surface area contributed by atoms with Crippen LogP contribution < -0.4 is 5.32 Å². The van der Waals surface area contributed by atoms with E-state index in [1.807, 2.05) is 6.92 Å². The molecule has 0 saturated carbocycles. The molecule has 0 bridgehead atoms.